The largest absolute Gasteiger partial charge is 0.333 e. The van der Waals surface area contributed by atoms with Crippen molar-refractivity contribution in [2.75, 3.05) is 39.7 Å². The molecule has 18 heteroatoms. The Bertz CT molecular complexity index is 4080. The summed E-state index contributed by atoms with van der Waals surface area (Å²) in [5, 5.41) is 0. The number of carbonyl (C=O) groups is 11. The molecule has 4 heterocycles. The summed E-state index contributed by atoms with van der Waals surface area (Å²) in [6.07, 6.45) is 6.92. The molecule has 3 saturated carbocycles. The summed E-state index contributed by atoms with van der Waals surface area (Å²) < 4.78 is 0. The van der Waals surface area contributed by atoms with Crippen LogP contribution in [0.15, 0.2) is 60.7 Å². The van der Waals surface area contributed by atoms with Crippen molar-refractivity contribution in [1.29, 1.82) is 0 Å². The quantitative estimate of drug-likeness (QED) is 0.0638. The van der Waals surface area contributed by atoms with Gasteiger partial charge in [0.25, 0.3) is 29.5 Å². The second-order valence-corrected chi connectivity index (χ2v) is 33.6. The molecular weight excluding hydrogens is 1290 g/mol. The SMILES string of the molecule is CC(=O)N(C)C1CC(=O)N(c2c(C(C)C)cc(Cc3cc(C(C)C)c(N4C(=O)CC(N(CC5CC6C7CC(CN(C(C)=O)C8CC(=O)N(c9c(C(C)C)cc(Cc%10cc(C(C)C)c(N%11C(=O)C=CC%11=O)c(C(C)C)c%10)cc9C(C)C)C8=O)C(C7)C6C5)C(C)=O)C4=O)c(C(C)C)c3)cc2C(C)C)C1=O. The van der Waals surface area contributed by atoms with Crippen LogP contribution in [-0.4, -0.2) is 118 Å². The third kappa shape index (κ3) is 14.0. The molecule has 11 amide bonds. The predicted molar refractivity (Wildman–Crippen MR) is 401 cm³/mol. The molecule has 0 radical (unpaired) electrons. The minimum absolute atomic E-state index is 0.00287. The lowest BCUT2D eigenvalue weighted by Gasteiger charge is -2.36. The number of anilines is 4. The van der Waals surface area contributed by atoms with Crippen molar-refractivity contribution in [3.8, 4) is 0 Å². The highest BCUT2D eigenvalue weighted by atomic mass is 16.2. The van der Waals surface area contributed by atoms with Crippen molar-refractivity contribution in [2.24, 2.45) is 35.5 Å². The highest BCUT2D eigenvalue weighted by Crippen LogP contribution is 2.63. The highest BCUT2D eigenvalue weighted by molar-refractivity contribution is 6.29. The van der Waals surface area contributed by atoms with Gasteiger partial charge in [0, 0.05) is 53.1 Å². The molecule has 7 aliphatic rings. The maximum absolute atomic E-state index is 15.2. The van der Waals surface area contributed by atoms with Crippen LogP contribution in [0, 0.1) is 35.5 Å². The molecule has 3 aliphatic carbocycles. The van der Waals surface area contributed by atoms with Crippen molar-refractivity contribution in [3.05, 3.63) is 127 Å². The van der Waals surface area contributed by atoms with E-state index in [9.17, 15) is 43.2 Å². The maximum atomic E-state index is 15.2. The van der Waals surface area contributed by atoms with Gasteiger partial charge in [-0.25, -0.2) is 19.6 Å². The van der Waals surface area contributed by atoms with Gasteiger partial charge in [-0.05, 0) is 188 Å². The van der Waals surface area contributed by atoms with Crippen molar-refractivity contribution in [3.63, 3.8) is 0 Å². The lowest BCUT2D eigenvalue weighted by Crippen LogP contribution is -2.48. The minimum Gasteiger partial charge on any atom is -0.333 e. The number of amides is 11. The summed E-state index contributed by atoms with van der Waals surface area (Å²) >= 11 is 0. The monoisotopic (exact) mass is 1400 g/mol. The molecule has 0 N–H and O–H groups in total. The molecule has 550 valence electrons. The van der Waals surface area contributed by atoms with Crippen molar-refractivity contribution in [1.82, 2.24) is 14.7 Å². The molecule has 2 bridgehead atoms. The van der Waals surface area contributed by atoms with Crippen LogP contribution in [0.5, 0.6) is 0 Å². The fourth-order valence-electron chi connectivity index (χ4n) is 18.8. The molecular formula is C85H109N7O11. The second-order valence-electron chi connectivity index (χ2n) is 33.6. The molecule has 18 nitrogen and oxygen atoms in total. The number of imide groups is 4. The number of hydrogen-bond acceptors (Lipinski definition) is 11. The van der Waals surface area contributed by atoms with E-state index in [1.54, 1.807) is 16.8 Å². The van der Waals surface area contributed by atoms with Crippen LogP contribution in [0.4, 0.5) is 22.7 Å². The number of rotatable bonds is 23. The van der Waals surface area contributed by atoms with Crippen molar-refractivity contribution < 1.29 is 52.7 Å². The van der Waals surface area contributed by atoms with E-state index in [1.807, 2.05) is 27.7 Å². The Morgan fingerprint density at radius 2 is 0.660 bits per heavy atom. The first-order valence-corrected chi connectivity index (χ1v) is 38.0. The first-order valence-electron chi connectivity index (χ1n) is 38.0. The van der Waals surface area contributed by atoms with Crippen LogP contribution >= 0.6 is 0 Å². The number of fused-ring (bicyclic) bond motifs is 5. The van der Waals surface area contributed by atoms with Gasteiger partial charge in [-0.1, -0.05) is 159 Å². The van der Waals surface area contributed by atoms with Crippen LogP contribution in [0.25, 0.3) is 0 Å². The Kier molecular flexibility index (Phi) is 21.5. The third-order valence-corrected chi connectivity index (χ3v) is 23.9. The zero-order valence-corrected chi connectivity index (χ0v) is 64.5. The van der Waals surface area contributed by atoms with E-state index in [0.29, 0.717) is 66.4 Å². The lowest BCUT2D eigenvalue weighted by atomic mass is 9.75. The van der Waals surface area contributed by atoms with Gasteiger partial charge in [0.2, 0.25) is 35.4 Å². The van der Waals surface area contributed by atoms with Crippen LogP contribution in [0.3, 0.4) is 0 Å². The predicted octanol–water partition coefficient (Wildman–Crippen LogP) is 14.4. The lowest BCUT2D eigenvalue weighted by molar-refractivity contribution is -0.137. The first kappa shape index (κ1) is 75.7. The summed E-state index contributed by atoms with van der Waals surface area (Å²) in [6.45, 7) is 38.0. The molecule has 9 atom stereocenters. The summed E-state index contributed by atoms with van der Waals surface area (Å²) in [7, 11) is 1.55. The molecule has 9 unspecified atom stereocenters. The van der Waals surface area contributed by atoms with E-state index in [1.165, 1.54) is 57.4 Å². The normalized spacial score (nSPS) is 23.4. The van der Waals surface area contributed by atoms with Gasteiger partial charge in [-0.15, -0.1) is 0 Å². The number of likely N-dealkylation sites (N-methyl/N-ethyl adjacent to an activating group) is 1. The summed E-state index contributed by atoms with van der Waals surface area (Å²) in [5.74, 6) is -2.73. The van der Waals surface area contributed by atoms with Crippen LogP contribution < -0.4 is 19.6 Å². The Hall–Kier alpha value is -8.41. The number of benzene rings is 4. The summed E-state index contributed by atoms with van der Waals surface area (Å²) in [4.78, 5) is 164. The van der Waals surface area contributed by atoms with Crippen LogP contribution in [0.2, 0.25) is 0 Å². The van der Waals surface area contributed by atoms with Gasteiger partial charge in [-0.2, -0.15) is 0 Å². The zero-order valence-electron chi connectivity index (χ0n) is 64.5. The Balaban J connectivity index is 0.791. The fraction of sp³-hybridized carbons (Fsp3) is 0.565. The van der Waals surface area contributed by atoms with Gasteiger partial charge < -0.3 is 14.7 Å². The molecule has 11 rings (SSSR count). The number of carbonyl (C=O) groups excluding carboxylic acids is 11. The van der Waals surface area contributed by atoms with E-state index in [0.717, 1.165) is 92.4 Å². The van der Waals surface area contributed by atoms with E-state index in [2.05, 4.69) is 132 Å². The van der Waals surface area contributed by atoms with Gasteiger partial charge in [0.1, 0.15) is 18.1 Å². The highest BCUT2D eigenvalue weighted by Gasteiger charge is 2.58. The molecule has 6 fully saturated rings. The van der Waals surface area contributed by atoms with Gasteiger partial charge in [-0.3, -0.25) is 52.7 Å². The maximum Gasteiger partial charge on any atom is 0.258 e. The molecule has 0 spiro atoms. The first-order chi connectivity index (χ1) is 48.4. The van der Waals surface area contributed by atoms with Gasteiger partial charge in [0.05, 0.1) is 42.0 Å². The standard InChI is InChI=1S/C85H109N7O11/c1-42(2)60-25-53(26-61(43(3)4)79(60)89-74(96)21-22-75(89)97)23-54-29-66(48(13)14)82(67(30-54)49(15)16)92-78(100)39-73(85(92)103)88(52(19)95)41-59-35-58-36-69(59)70-34-57(33-68(58)70)40-87(51(18)94)72-38-77(99)91(84(72)102)81-64(46(9)10)31-56(32-65(81)47(11)12)24-55-27-62(44(5)6)80(63(28-55)45(7)8)90-76(98)37-71(83(90)101)86(20)50(17)93/h21-22,25-32,42-49,57-59,68-73H,23-24,33-41H2,1-20H3. The van der Waals surface area contributed by atoms with Crippen molar-refractivity contribution >= 4 is 87.7 Å². The van der Waals surface area contributed by atoms with E-state index in [-0.39, 0.29) is 132 Å². The molecule has 0 aromatic heterocycles. The van der Waals surface area contributed by atoms with Crippen molar-refractivity contribution in [2.45, 2.75) is 255 Å². The molecule has 4 aromatic carbocycles. The van der Waals surface area contributed by atoms with Gasteiger partial charge in [0.15, 0.2) is 0 Å². The Morgan fingerprint density at radius 3 is 0.971 bits per heavy atom. The molecule has 4 aliphatic heterocycles. The topological polar surface area (TPSA) is 210 Å². The Morgan fingerprint density at radius 1 is 0.369 bits per heavy atom. The van der Waals surface area contributed by atoms with E-state index < -0.39 is 35.8 Å². The summed E-state index contributed by atoms with van der Waals surface area (Å²) in [6, 6.07) is 13.9. The smallest absolute Gasteiger partial charge is 0.258 e. The van der Waals surface area contributed by atoms with E-state index in [4.69, 9.17) is 0 Å². The minimum atomic E-state index is -0.979. The fourth-order valence-corrected chi connectivity index (χ4v) is 18.8. The Labute approximate surface area is 609 Å². The summed E-state index contributed by atoms with van der Waals surface area (Å²) in [5.41, 5.74) is 13.3. The number of nitrogens with zero attached hydrogens (tertiary/aromatic N) is 7. The molecule has 4 aromatic rings. The second kappa shape index (κ2) is 29.3. The van der Waals surface area contributed by atoms with Gasteiger partial charge >= 0.3 is 0 Å². The third-order valence-electron chi connectivity index (χ3n) is 23.9. The average Bonchev–Trinajstić information content (AvgIpc) is 1.61. The zero-order chi connectivity index (χ0) is 75.3. The van der Waals surface area contributed by atoms with Crippen LogP contribution in [0.1, 0.15) is 291 Å². The molecule has 103 heavy (non-hydrogen) atoms. The average molecular weight is 1400 g/mol. The van der Waals surface area contributed by atoms with Crippen LogP contribution in [-0.2, 0) is 65.6 Å². The molecule has 3 saturated heterocycles. The number of hydrogen-bond donors (Lipinski definition) is 0. The van der Waals surface area contributed by atoms with E-state index >= 15 is 9.59 Å².